The van der Waals surface area contributed by atoms with Crippen molar-refractivity contribution in [2.24, 2.45) is 0 Å². The maximum Gasteiger partial charge on any atom is 0.416 e. The number of aryl methyl sites for hydroxylation is 1. The van der Waals surface area contributed by atoms with Gasteiger partial charge >= 0.3 is 6.18 Å². The first kappa shape index (κ1) is 16.0. The fourth-order valence-corrected chi connectivity index (χ4v) is 2.11. The third-order valence-electron chi connectivity index (χ3n) is 3.38. The van der Waals surface area contributed by atoms with Crippen LogP contribution in [0.4, 0.5) is 29.3 Å². The normalized spacial score (nSPS) is 11.5. The summed E-state index contributed by atoms with van der Waals surface area (Å²) in [4.78, 5) is 4.00. The fraction of sp³-hybridized carbons (Fsp3) is 0.118. The summed E-state index contributed by atoms with van der Waals surface area (Å²) >= 11 is 0. The van der Waals surface area contributed by atoms with Crippen LogP contribution < -0.4 is 5.32 Å². The first-order chi connectivity index (χ1) is 11.3. The molecule has 0 bridgehead atoms. The number of alkyl halides is 3. The van der Waals surface area contributed by atoms with Crippen molar-refractivity contribution in [3.05, 3.63) is 65.7 Å². The Kier molecular flexibility index (Phi) is 4.01. The summed E-state index contributed by atoms with van der Waals surface area (Å²) in [7, 11) is 0. The monoisotopic (exact) mass is 336 g/mol. The molecule has 0 aliphatic rings. The molecule has 1 aromatic heterocycles. The van der Waals surface area contributed by atoms with E-state index in [4.69, 9.17) is 4.42 Å². The molecule has 0 radical (unpaired) electrons. The lowest BCUT2D eigenvalue weighted by atomic mass is 10.1. The van der Waals surface area contributed by atoms with Gasteiger partial charge in [-0.3, -0.25) is 0 Å². The average molecular weight is 336 g/mol. The largest absolute Gasteiger partial charge is 0.431 e. The van der Waals surface area contributed by atoms with Gasteiger partial charge < -0.3 is 9.73 Å². The maximum atomic E-state index is 13.9. The van der Waals surface area contributed by atoms with Crippen LogP contribution >= 0.6 is 0 Å². The zero-order valence-corrected chi connectivity index (χ0v) is 12.5. The zero-order chi connectivity index (χ0) is 17.3. The van der Waals surface area contributed by atoms with Crippen LogP contribution in [0, 0.1) is 12.7 Å². The molecular weight excluding hydrogens is 324 g/mol. The molecule has 1 heterocycles. The highest BCUT2D eigenvalue weighted by Crippen LogP contribution is 2.33. The number of hydrogen-bond acceptors (Lipinski definition) is 3. The van der Waals surface area contributed by atoms with Gasteiger partial charge in [-0.1, -0.05) is 17.7 Å². The number of nitrogens with zero attached hydrogens (tertiary/aromatic N) is 1. The van der Waals surface area contributed by atoms with E-state index >= 15 is 0 Å². The van der Waals surface area contributed by atoms with Crippen molar-refractivity contribution in [1.29, 1.82) is 0 Å². The van der Waals surface area contributed by atoms with Crippen molar-refractivity contribution in [3.63, 3.8) is 0 Å². The minimum Gasteiger partial charge on any atom is -0.431 e. The van der Waals surface area contributed by atoms with E-state index in [1.807, 2.05) is 19.1 Å². The molecule has 0 saturated carbocycles. The lowest BCUT2D eigenvalue weighted by Gasteiger charge is -2.08. The summed E-state index contributed by atoms with van der Waals surface area (Å²) in [5.74, 6) is -0.807. The number of oxazole rings is 1. The molecule has 0 aliphatic heterocycles. The maximum absolute atomic E-state index is 13.9. The first-order valence-electron chi connectivity index (χ1n) is 6.99. The van der Waals surface area contributed by atoms with E-state index in [2.05, 4.69) is 10.3 Å². The van der Waals surface area contributed by atoms with Crippen molar-refractivity contribution >= 4 is 11.7 Å². The molecule has 0 saturated heterocycles. The molecule has 24 heavy (non-hydrogen) atoms. The van der Waals surface area contributed by atoms with Crippen molar-refractivity contribution in [1.82, 2.24) is 4.98 Å². The molecule has 0 amide bonds. The van der Waals surface area contributed by atoms with Gasteiger partial charge in [0, 0.05) is 11.3 Å². The van der Waals surface area contributed by atoms with Crippen LogP contribution in [0.3, 0.4) is 0 Å². The Morgan fingerprint density at radius 2 is 1.75 bits per heavy atom. The smallest absolute Gasteiger partial charge is 0.416 e. The summed E-state index contributed by atoms with van der Waals surface area (Å²) < 4.78 is 57.3. The van der Waals surface area contributed by atoms with E-state index in [9.17, 15) is 17.6 Å². The third-order valence-corrected chi connectivity index (χ3v) is 3.38. The van der Waals surface area contributed by atoms with Crippen molar-refractivity contribution in [2.75, 3.05) is 5.32 Å². The van der Waals surface area contributed by atoms with Crippen LogP contribution in [0.15, 0.2) is 53.1 Å². The average Bonchev–Trinajstić information content (AvgIpc) is 2.97. The molecule has 0 atom stereocenters. The van der Waals surface area contributed by atoms with E-state index < -0.39 is 17.6 Å². The minimum atomic E-state index is -4.56. The van der Waals surface area contributed by atoms with E-state index in [-0.39, 0.29) is 17.3 Å². The highest BCUT2D eigenvalue weighted by Gasteiger charge is 2.31. The highest BCUT2D eigenvalue weighted by atomic mass is 19.4. The molecule has 1 N–H and O–H groups in total. The van der Waals surface area contributed by atoms with Gasteiger partial charge in [-0.05, 0) is 37.3 Å². The van der Waals surface area contributed by atoms with E-state index in [1.165, 1.54) is 0 Å². The van der Waals surface area contributed by atoms with Gasteiger partial charge in [-0.15, -0.1) is 0 Å². The van der Waals surface area contributed by atoms with Crippen molar-refractivity contribution in [3.8, 4) is 11.3 Å². The Morgan fingerprint density at radius 3 is 2.42 bits per heavy atom. The van der Waals surface area contributed by atoms with Crippen LogP contribution in [0.2, 0.25) is 0 Å². The van der Waals surface area contributed by atoms with Gasteiger partial charge in [0.1, 0.15) is 17.8 Å². The van der Waals surface area contributed by atoms with Crippen LogP contribution in [-0.2, 0) is 6.18 Å². The molecule has 7 heteroatoms. The predicted octanol–water partition coefficient (Wildman–Crippen LogP) is 5.55. The highest BCUT2D eigenvalue weighted by molar-refractivity contribution is 5.63. The summed E-state index contributed by atoms with van der Waals surface area (Å²) in [6.07, 6.45) is -3.45. The number of hydrogen-bond donors (Lipinski definition) is 1. The van der Waals surface area contributed by atoms with Gasteiger partial charge in [0.15, 0.2) is 0 Å². The second-order valence-corrected chi connectivity index (χ2v) is 5.22. The Hall–Kier alpha value is -2.83. The quantitative estimate of drug-likeness (QED) is 0.637. The zero-order valence-electron chi connectivity index (χ0n) is 12.5. The fourth-order valence-electron chi connectivity index (χ4n) is 2.11. The molecule has 3 aromatic rings. The van der Waals surface area contributed by atoms with Gasteiger partial charge in [0.05, 0.1) is 5.56 Å². The van der Waals surface area contributed by atoms with Crippen LogP contribution in [-0.4, -0.2) is 4.98 Å². The standard InChI is InChI=1S/C17H12F4N2O/c1-10-2-5-12(6-3-10)22-16-23-15(9-24-16)13-8-11(17(19,20)21)4-7-14(13)18/h2-9H,1H3,(H,22,23). The molecule has 3 rings (SSSR count). The SMILES string of the molecule is Cc1ccc(Nc2nc(-c3cc(C(F)(F)F)ccc3F)co2)cc1. The summed E-state index contributed by atoms with van der Waals surface area (Å²) in [6, 6.07) is 9.56. The van der Waals surface area contributed by atoms with E-state index in [0.29, 0.717) is 17.8 Å². The topological polar surface area (TPSA) is 38.1 Å². The second kappa shape index (κ2) is 5.99. The third kappa shape index (κ3) is 3.40. The predicted molar refractivity (Wildman–Crippen MR) is 81.4 cm³/mol. The summed E-state index contributed by atoms with van der Waals surface area (Å²) in [6.45, 7) is 1.93. The van der Waals surface area contributed by atoms with Crippen LogP contribution in [0.25, 0.3) is 11.3 Å². The molecule has 124 valence electrons. The molecular formula is C17H12F4N2O. The van der Waals surface area contributed by atoms with Gasteiger partial charge in [-0.2, -0.15) is 18.2 Å². The van der Waals surface area contributed by atoms with Crippen molar-refractivity contribution in [2.45, 2.75) is 13.1 Å². The molecule has 0 unspecified atom stereocenters. The van der Waals surface area contributed by atoms with Crippen molar-refractivity contribution < 1.29 is 22.0 Å². The summed E-state index contributed by atoms with van der Waals surface area (Å²) in [5, 5.41) is 2.86. The number of aromatic nitrogens is 1. The summed E-state index contributed by atoms with van der Waals surface area (Å²) in [5.41, 5.74) is 0.520. The van der Waals surface area contributed by atoms with E-state index in [0.717, 1.165) is 17.9 Å². The van der Waals surface area contributed by atoms with Gasteiger partial charge in [-0.25, -0.2) is 4.39 Å². The second-order valence-electron chi connectivity index (χ2n) is 5.22. The number of rotatable bonds is 3. The Labute approximate surface area is 135 Å². The van der Waals surface area contributed by atoms with Gasteiger partial charge in [0.2, 0.25) is 0 Å². The number of halogens is 4. The number of anilines is 2. The lowest BCUT2D eigenvalue weighted by molar-refractivity contribution is -0.137. The van der Waals surface area contributed by atoms with Crippen LogP contribution in [0.1, 0.15) is 11.1 Å². The van der Waals surface area contributed by atoms with Gasteiger partial charge in [0.25, 0.3) is 6.01 Å². The molecule has 2 aromatic carbocycles. The van der Waals surface area contributed by atoms with Crippen LogP contribution in [0.5, 0.6) is 0 Å². The lowest BCUT2D eigenvalue weighted by Crippen LogP contribution is -2.05. The Bertz CT molecular complexity index is 854. The molecule has 0 fully saturated rings. The first-order valence-corrected chi connectivity index (χ1v) is 6.99. The number of benzene rings is 2. The Balaban J connectivity index is 1.89. The molecule has 0 spiro atoms. The molecule has 3 nitrogen and oxygen atoms in total. The Morgan fingerprint density at radius 1 is 1.04 bits per heavy atom. The molecule has 0 aliphatic carbocycles. The minimum absolute atomic E-state index is 0.0202. The number of nitrogens with one attached hydrogen (secondary N) is 1. The van der Waals surface area contributed by atoms with E-state index in [1.54, 1.807) is 12.1 Å².